The zero-order valence-corrected chi connectivity index (χ0v) is 21.0. The fourth-order valence-corrected chi connectivity index (χ4v) is 0.714. The van der Waals surface area contributed by atoms with Gasteiger partial charge in [-0.05, 0) is 0 Å². The third-order valence-electron chi connectivity index (χ3n) is 1.05. The van der Waals surface area contributed by atoms with E-state index in [2.05, 4.69) is 23.8 Å². The van der Waals surface area contributed by atoms with Gasteiger partial charge in [0.15, 0.2) is 0 Å². The Morgan fingerprint density at radius 2 is 1.80 bits per heavy atom. The fraction of sp³-hybridized carbons (Fsp3) is 0.333. The largest absolute Gasteiger partial charge is 2.00 e. The van der Waals surface area contributed by atoms with Crippen LogP contribution in [0.25, 0.3) is 0 Å². The van der Waals surface area contributed by atoms with E-state index in [9.17, 15) is 0 Å². The van der Waals surface area contributed by atoms with Gasteiger partial charge in [-0.1, -0.05) is 18.2 Å². The van der Waals surface area contributed by atoms with Crippen molar-refractivity contribution in [3.63, 3.8) is 0 Å². The Bertz CT molecular complexity index is 175. The maximum atomic E-state index is 4.02. The van der Waals surface area contributed by atoms with Crippen molar-refractivity contribution in [1.82, 2.24) is 9.97 Å². The molecule has 82 valence electrons. The van der Waals surface area contributed by atoms with Crippen LogP contribution in [0.1, 0.15) is 19.5 Å². The van der Waals surface area contributed by atoms with Gasteiger partial charge in [-0.2, -0.15) is 20.3 Å². The first kappa shape index (κ1) is 36.0. The van der Waals surface area contributed by atoms with Crippen molar-refractivity contribution in [2.75, 3.05) is 0 Å². The summed E-state index contributed by atoms with van der Waals surface area (Å²) in [5.41, 5.74) is 1.06. The Balaban J connectivity index is -0.0000000337. The summed E-state index contributed by atoms with van der Waals surface area (Å²) >= 11 is 0. The average Bonchev–Trinajstić information content (AvgIpc) is 2.15. The molecule has 0 aromatic carbocycles. The molecule has 0 fully saturated rings. The molecular formula is C9H16N2UVWY-2. The zero-order chi connectivity index (χ0) is 6.69. The molecule has 0 aliphatic carbocycles. The van der Waals surface area contributed by atoms with E-state index >= 15 is 0 Å². The van der Waals surface area contributed by atoms with Gasteiger partial charge in [0.2, 0.25) is 0 Å². The van der Waals surface area contributed by atoms with Crippen molar-refractivity contribution < 1.29 is 103 Å². The SMILES string of the molecule is C[C-](C)Cc1c[n-]cn1.[CH3-].[CH3-].[U].[V].[W+2].[Y]. The smallest absolute Gasteiger partial charge is 0.450 e. The Hall–Kier alpha value is 2.64. The number of imidazole rings is 1. The minimum absolute atomic E-state index is 0. The normalized spacial score (nSPS) is 6.33. The van der Waals surface area contributed by atoms with Crippen LogP contribution in [0.15, 0.2) is 12.5 Å². The molecule has 0 bridgehead atoms. The second-order valence-corrected chi connectivity index (χ2v) is 2.40. The first-order valence-corrected chi connectivity index (χ1v) is 2.99. The molecule has 0 saturated heterocycles. The molecule has 0 atom stereocenters. The molecule has 1 aromatic heterocycles. The van der Waals surface area contributed by atoms with E-state index in [1.807, 2.05) is 0 Å². The molecule has 6 heteroatoms. The Morgan fingerprint density at radius 3 is 2.07 bits per heavy atom. The second kappa shape index (κ2) is 21.9. The first-order chi connectivity index (χ1) is 4.29. The summed E-state index contributed by atoms with van der Waals surface area (Å²) in [6.07, 6.45) is 4.34. The topological polar surface area (TPSA) is 27.0 Å². The van der Waals surface area contributed by atoms with Gasteiger partial charge in [-0.25, -0.2) is 0 Å². The standard InChI is InChI=1S/C7H10N2.2CH3.U.V.W.Y/c1-6(2)3-7-4-8-5-9-7;;;;;;/h4-5H,3H2,1-2H3;2*1H3;;;;/q-2;2*-1;;;+2;. The van der Waals surface area contributed by atoms with Crippen LogP contribution in [0.2, 0.25) is 0 Å². The Kier molecular flexibility index (Phi) is 52.6. The summed E-state index contributed by atoms with van der Waals surface area (Å²) in [7, 11) is 0. The maximum absolute atomic E-state index is 4.02. The van der Waals surface area contributed by atoms with Crippen LogP contribution >= 0.6 is 0 Å². The molecule has 0 N–H and O–H groups in total. The molecule has 2 nitrogen and oxygen atoms in total. The summed E-state index contributed by atoms with van der Waals surface area (Å²) in [5.74, 6) is 1.37. The van der Waals surface area contributed by atoms with Gasteiger partial charge in [-0.15, -0.1) is 0 Å². The molecule has 0 amide bonds. The van der Waals surface area contributed by atoms with Crippen molar-refractivity contribution >= 4 is 0 Å². The first-order valence-electron chi connectivity index (χ1n) is 2.99. The quantitative estimate of drug-likeness (QED) is 0.440. The summed E-state index contributed by atoms with van der Waals surface area (Å²) in [6.45, 7) is 4.18. The third-order valence-corrected chi connectivity index (χ3v) is 1.05. The summed E-state index contributed by atoms with van der Waals surface area (Å²) < 4.78 is 0. The zero-order valence-electron chi connectivity index (χ0n) is 9.69. The molecule has 15 heavy (non-hydrogen) atoms. The van der Waals surface area contributed by atoms with Crippen molar-refractivity contribution in [2.24, 2.45) is 0 Å². The van der Waals surface area contributed by atoms with Crippen LogP contribution in [0.3, 0.4) is 0 Å². The molecule has 1 aromatic rings. The summed E-state index contributed by atoms with van der Waals surface area (Å²) in [5, 5.41) is 0. The number of aromatic nitrogens is 2. The van der Waals surface area contributed by atoms with E-state index in [4.69, 9.17) is 0 Å². The van der Waals surface area contributed by atoms with E-state index in [1.54, 1.807) is 12.5 Å². The van der Waals surface area contributed by atoms with Crippen LogP contribution in [0.4, 0.5) is 0 Å². The van der Waals surface area contributed by atoms with Crippen LogP contribution in [-0.4, -0.2) is 4.98 Å². The molecule has 1 heterocycles. The number of hydrogen-bond donors (Lipinski definition) is 0. The van der Waals surface area contributed by atoms with Crippen LogP contribution in [-0.2, 0) is 78.8 Å². The van der Waals surface area contributed by atoms with E-state index in [0.717, 1.165) is 12.1 Å². The van der Waals surface area contributed by atoms with Crippen LogP contribution in [0, 0.1) is 51.9 Å². The van der Waals surface area contributed by atoms with Crippen molar-refractivity contribution in [3.8, 4) is 0 Å². The van der Waals surface area contributed by atoms with E-state index in [-0.39, 0.29) is 118 Å². The monoisotopic (exact) mass is 714 g/mol. The van der Waals surface area contributed by atoms with E-state index < -0.39 is 0 Å². The van der Waals surface area contributed by atoms with Gasteiger partial charge in [0.1, 0.15) is 0 Å². The summed E-state index contributed by atoms with van der Waals surface area (Å²) in [4.78, 5) is 7.88. The van der Waals surface area contributed by atoms with Gasteiger partial charge >= 0.3 is 21.1 Å². The molecule has 0 saturated carbocycles. The van der Waals surface area contributed by atoms with Gasteiger partial charge < -0.3 is 30.7 Å². The predicted octanol–water partition coefficient (Wildman–Crippen LogP) is 2.09. The summed E-state index contributed by atoms with van der Waals surface area (Å²) in [6, 6.07) is 0. The Labute approximate surface area is 170 Å². The van der Waals surface area contributed by atoms with Crippen LogP contribution < -0.4 is 4.98 Å². The molecule has 0 unspecified atom stereocenters. The van der Waals surface area contributed by atoms with Gasteiger partial charge in [0.25, 0.3) is 0 Å². The van der Waals surface area contributed by atoms with Crippen LogP contribution in [0.5, 0.6) is 0 Å². The number of hydrogen-bond acceptors (Lipinski definition) is 1. The fourth-order valence-electron chi connectivity index (χ4n) is 0.714. The van der Waals surface area contributed by atoms with Crippen molar-refractivity contribution in [2.45, 2.75) is 20.3 Å². The van der Waals surface area contributed by atoms with Crippen molar-refractivity contribution in [1.29, 1.82) is 0 Å². The molecule has 0 spiro atoms. The van der Waals surface area contributed by atoms with Gasteiger partial charge in [-0.3, -0.25) is 0 Å². The third kappa shape index (κ3) is 19.2. The number of nitrogens with zero attached hydrogens (tertiary/aromatic N) is 2. The van der Waals surface area contributed by atoms with Crippen molar-refractivity contribution in [3.05, 3.63) is 39.0 Å². The Morgan fingerprint density at radius 1 is 1.33 bits per heavy atom. The molecular weight excluding hydrogens is 698 g/mol. The second-order valence-electron chi connectivity index (χ2n) is 2.40. The molecule has 0 aliphatic heterocycles. The molecule has 2 radical (unpaired) electrons. The average molecular weight is 714 g/mol. The van der Waals surface area contributed by atoms with E-state index in [0.29, 0.717) is 0 Å². The number of rotatable bonds is 2. The van der Waals surface area contributed by atoms with E-state index in [1.165, 1.54) is 5.92 Å². The van der Waals surface area contributed by atoms with Gasteiger partial charge in [0, 0.05) is 82.4 Å². The van der Waals surface area contributed by atoms with Gasteiger partial charge in [0.05, 0.1) is 0 Å². The molecule has 1 rings (SSSR count). The molecule has 0 aliphatic rings. The minimum Gasteiger partial charge on any atom is -0.450 e. The minimum atomic E-state index is 0. The maximum Gasteiger partial charge on any atom is 2.00 e. The predicted molar refractivity (Wildman–Crippen MR) is 48.7 cm³/mol.